The van der Waals surface area contributed by atoms with Crippen LogP contribution in [-0.2, 0) is 4.79 Å². The third-order valence-corrected chi connectivity index (χ3v) is 5.52. The van der Waals surface area contributed by atoms with Crippen molar-refractivity contribution in [3.63, 3.8) is 0 Å². The van der Waals surface area contributed by atoms with Gasteiger partial charge in [0.15, 0.2) is 0 Å². The summed E-state index contributed by atoms with van der Waals surface area (Å²) in [6.45, 7) is 8.77. The number of rotatable bonds is 6. The minimum absolute atomic E-state index is 0.237. The van der Waals surface area contributed by atoms with Gasteiger partial charge >= 0.3 is 0 Å². The highest BCUT2D eigenvalue weighted by Gasteiger charge is 2.34. The predicted molar refractivity (Wildman–Crippen MR) is 115 cm³/mol. The Labute approximate surface area is 170 Å². The van der Waals surface area contributed by atoms with Crippen molar-refractivity contribution in [2.75, 3.05) is 13.2 Å². The summed E-state index contributed by atoms with van der Waals surface area (Å²) < 4.78 is 5.93. The molecular weight excluding hydrogens is 370 g/mol. The van der Waals surface area contributed by atoms with E-state index < -0.39 is 0 Å². The largest absolute Gasteiger partial charge is 0.491 e. The van der Waals surface area contributed by atoms with Gasteiger partial charge in [-0.15, -0.1) is 0 Å². The smallest absolute Gasteiger partial charge is 0.293 e. The van der Waals surface area contributed by atoms with E-state index in [0.29, 0.717) is 10.8 Å². The molecule has 5 heteroatoms. The van der Waals surface area contributed by atoms with Crippen molar-refractivity contribution in [1.82, 2.24) is 4.90 Å². The van der Waals surface area contributed by atoms with Crippen LogP contribution < -0.4 is 4.74 Å². The maximum atomic E-state index is 12.6. The van der Waals surface area contributed by atoms with Crippen LogP contribution in [0.25, 0.3) is 6.08 Å². The summed E-state index contributed by atoms with van der Waals surface area (Å²) in [5, 5.41) is -0.250. The van der Waals surface area contributed by atoms with Crippen LogP contribution in [-0.4, -0.2) is 29.2 Å². The molecule has 1 aliphatic rings. The second kappa shape index (κ2) is 8.65. The lowest BCUT2D eigenvalue weighted by Crippen LogP contribution is -2.32. The molecule has 0 aliphatic carbocycles. The van der Waals surface area contributed by atoms with Crippen LogP contribution in [0.2, 0.25) is 0 Å². The Morgan fingerprint density at radius 1 is 1.04 bits per heavy atom. The summed E-state index contributed by atoms with van der Waals surface area (Å²) in [5.41, 5.74) is 4.30. The van der Waals surface area contributed by atoms with Crippen molar-refractivity contribution in [3.05, 3.63) is 69.6 Å². The monoisotopic (exact) mass is 395 g/mol. The van der Waals surface area contributed by atoms with E-state index in [1.807, 2.05) is 44.2 Å². The second-order valence-corrected chi connectivity index (χ2v) is 8.28. The highest BCUT2D eigenvalue weighted by Crippen LogP contribution is 2.32. The molecule has 0 bridgehead atoms. The number of hydrogen-bond acceptors (Lipinski definition) is 4. The van der Waals surface area contributed by atoms with Gasteiger partial charge in [0.05, 0.1) is 11.4 Å². The first-order valence-electron chi connectivity index (χ1n) is 9.40. The molecule has 2 aromatic carbocycles. The SMILES string of the molecule is Cc1ccc(/C=C2\SC(=O)N(CCOc3cc(C)ccc3C(C)C)C2=O)cc1. The lowest BCUT2D eigenvalue weighted by atomic mass is 10.0. The average Bonchev–Trinajstić information content (AvgIpc) is 2.91. The highest BCUT2D eigenvalue weighted by molar-refractivity contribution is 8.18. The Hall–Kier alpha value is -2.53. The first kappa shape index (κ1) is 20.2. The number of carbonyl (C=O) groups is 2. The van der Waals surface area contributed by atoms with Crippen LogP contribution in [0.4, 0.5) is 4.79 Å². The molecule has 1 aliphatic heterocycles. The molecule has 1 saturated heterocycles. The normalized spacial score (nSPS) is 15.8. The summed E-state index contributed by atoms with van der Waals surface area (Å²) >= 11 is 0.981. The van der Waals surface area contributed by atoms with Gasteiger partial charge in [-0.1, -0.05) is 55.8 Å². The van der Waals surface area contributed by atoms with Crippen molar-refractivity contribution in [2.24, 2.45) is 0 Å². The molecule has 2 amide bonds. The van der Waals surface area contributed by atoms with Gasteiger partial charge in [-0.3, -0.25) is 14.5 Å². The molecule has 3 rings (SSSR count). The number of hydrogen-bond donors (Lipinski definition) is 0. The van der Waals surface area contributed by atoms with Crippen LogP contribution in [0.15, 0.2) is 47.4 Å². The third-order valence-electron chi connectivity index (χ3n) is 4.61. The fourth-order valence-electron chi connectivity index (χ4n) is 3.00. The molecule has 0 radical (unpaired) electrons. The molecule has 0 aromatic heterocycles. The molecular formula is C23H25NO3S. The Balaban J connectivity index is 1.65. The average molecular weight is 396 g/mol. The molecule has 28 heavy (non-hydrogen) atoms. The van der Waals surface area contributed by atoms with Gasteiger partial charge in [0.25, 0.3) is 11.1 Å². The van der Waals surface area contributed by atoms with Gasteiger partial charge < -0.3 is 4.74 Å². The Morgan fingerprint density at radius 2 is 1.71 bits per heavy atom. The predicted octanol–water partition coefficient (Wildman–Crippen LogP) is 5.54. The minimum atomic E-state index is -0.257. The van der Waals surface area contributed by atoms with Crippen LogP contribution in [0.1, 0.15) is 42.0 Å². The summed E-state index contributed by atoms with van der Waals surface area (Å²) in [6.07, 6.45) is 1.77. The Morgan fingerprint density at radius 3 is 2.39 bits per heavy atom. The molecule has 1 heterocycles. The number of aryl methyl sites for hydroxylation is 2. The maximum Gasteiger partial charge on any atom is 0.293 e. The van der Waals surface area contributed by atoms with Crippen molar-refractivity contribution < 1.29 is 14.3 Å². The summed E-state index contributed by atoms with van der Waals surface area (Å²) in [7, 11) is 0. The lowest BCUT2D eigenvalue weighted by Gasteiger charge is -2.17. The van der Waals surface area contributed by atoms with Gasteiger partial charge in [-0.05, 0) is 60.4 Å². The Bertz CT molecular complexity index is 916. The molecule has 0 saturated carbocycles. The van der Waals surface area contributed by atoms with E-state index in [4.69, 9.17) is 4.74 Å². The number of amides is 2. The molecule has 2 aromatic rings. The molecule has 0 spiro atoms. The lowest BCUT2D eigenvalue weighted by molar-refractivity contribution is -0.123. The number of ether oxygens (including phenoxy) is 1. The maximum absolute atomic E-state index is 12.6. The summed E-state index contributed by atoms with van der Waals surface area (Å²) in [4.78, 5) is 26.6. The first-order valence-corrected chi connectivity index (χ1v) is 10.2. The van der Waals surface area contributed by atoms with Crippen molar-refractivity contribution in [3.8, 4) is 5.75 Å². The van der Waals surface area contributed by atoms with Crippen LogP contribution in [0.5, 0.6) is 5.75 Å². The quantitative estimate of drug-likeness (QED) is 0.602. The molecule has 4 nitrogen and oxygen atoms in total. The molecule has 0 unspecified atom stereocenters. The standard InChI is InChI=1S/C23H25NO3S/c1-15(2)19-10-7-17(4)13-20(19)27-12-11-24-22(25)21(28-23(24)26)14-18-8-5-16(3)6-9-18/h5-10,13-15H,11-12H2,1-4H3/b21-14-. The fourth-order valence-corrected chi connectivity index (χ4v) is 3.86. The fraction of sp³-hybridized carbons (Fsp3) is 0.304. The summed E-state index contributed by atoms with van der Waals surface area (Å²) in [5.74, 6) is 0.898. The van der Waals surface area contributed by atoms with E-state index in [2.05, 4.69) is 26.0 Å². The van der Waals surface area contributed by atoms with E-state index in [1.165, 1.54) is 4.90 Å². The number of thioether (sulfide) groups is 1. The van der Waals surface area contributed by atoms with E-state index in [1.54, 1.807) is 6.08 Å². The van der Waals surface area contributed by atoms with Crippen molar-refractivity contribution in [1.29, 1.82) is 0 Å². The van der Waals surface area contributed by atoms with Crippen LogP contribution in [0, 0.1) is 13.8 Å². The highest BCUT2D eigenvalue weighted by atomic mass is 32.2. The Kier molecular flexibility index (Phi) is 6.25. The van der Waals surface area contributed by atoms with Gasteiger partial charge in [0.2, 0.25) is 0 Å². The van der Waals surface area contributed by atoms with E-state index in [-0.39, 0.29) is 24.3 Å². The minimum Gasteiger partial charge on any atom is -0.491 e. The van der Waals surface area contributed by atoms with Crippen molar-refractivity contribution in [2.45, 2.75) is 33.6 Å². The van der Waals surface area contributed by atoms with Gasteiger partial charge in [0.1, 0.15) is 12.4 Å². The van der Waals surface area contributed by atoms with Crippen LogP contribution in [0.3, 0.4) is 0 Å². The molecule has 0 atom stereocenters. The number of nitrogens with zero attached hydrogens (tertiary/aromatic N) is 1. The van der Waals surface area contributed by atoms with E-state index >= 15 is 0 Å². The molecule has 0 N–H and O–H groups in total. The number of carbonyl (C=O) groups excluding carboxylic acids is 2. The second-order valence-electron chi connectivity index (χ2n) is 7.29. The first-order chi connectivity index (χ1) is 13.3. The van der Waals surface area contributed by atoms with E-state index in [9.17, 15) is 9.59 Å². The topological polar surface area (TPSA) is 46.6 Å². The van der Waals surface area contributed by atoms with Crippen LogP contribution >= 0.6 is 11.8 Å². The van der Waals surface area contributed by atoms with E-state index in [0.717, 1.165) is 39.8 Å². The molecule has 1 fully saturated rings. The van der Waals surface area contributed by atoms with Gasteiger partial charge in [0, 0.05) is 0 Å². The zero-order valence-electron chi connectivity index (χ0n) is 16.7. The van der Waals surface area contributed by atoms with Gasteiger partial charge in [-0.25, -0.2) is 0 Å². The number of benzene rings is 2. The number of imide groups is 1. The van der Waals surface area contributed by atoms with Crippen molar-refractivity contribution >= 4 is 29.0 Å². The zero-order chi connectivity index (χ0) is 20.3. The zero-order valence-corrected chi connectivity index (χ0v) is 17.5. The molecule has 146 valence electrons. The summed E-state index contributed by atoms with van der Waals surface area (Å²) in [6, 6.07) is 14.0. The third kappa shape index (κ3) is 4.65. The van der Waals surface area contributed by atoms with Gasteiger partial charge in [-0.2, -0.15) is 0 Å².